The molecule has 0 radical (unpaired) electrons. The van der Waals surface area contributed by atoms with Gasteiger partial charge in [0.1, 0.15) is 17.5 Å². The van der Waals surface area contributed by atoms with Crippen molar-refractivity contribution in [2.45, 2.75) is 6.10 Å². The molecule has 3 rings (SSSR count). The van der Waals surface area contributed by atoms with E-state index >= 15 is 0 Å². The standard InChI is InChI=1S/C20H16N4O5/c25-20(15-9-5-2-6-10-15)19(14-7-3-1-4-8-14)22-21-17-12-11-16(23(26)27)13-18(17)24(28)29/h1-13,20-21,25H/b22-19-/t20-/m0/s1. The van der Waals surface area contributed by atoms with Gasteiger partial charge in [0, 0.05) is 11.6 Å². The van der Waals surface area contributed by atoms with Crippen molar-refractivity contribution >= 4 is 22.8 Å². The zero-order valence-electron chi connectivity index (χ0n) is 15.0. The van der Waals surface area contributed by atoms with Crippen LogP contribution < -0.4 is 5.43 Å². The van der Waals surface area contributed by atoms with Gasteiger partial charge in [0.15, 0.2) is 0 Å². The van der Waals surface area contributed by atoms with Gasteiger partial charge >= 0.3 is 5.69 Å². The van der Waals surface area contributed by atoms with E-state index < -0.39 is 27.3 Å². The first-order valence-corrected chi connectivity index (χ1v) is 8.52. The van der Waals surface area contributed by atoms with E-state index in [1.165, 1.54) is 6.07 Å². The smallest absolute Gasteiger partial charge is 0.301 e. The van der Waals surface area contributed by atoms with Crippen LogP contribution in [0.25, 0.3) is 0 Å². The summed E-state index contributed by atoms with van der Waals surface area (Å²) >= 11 is 0. The zero-order valence-corrected chi connectivity index (χ0v) is 15.0. The molecular formula is C20H16N4O5. The Kier molecular flexibility index (Phi) is 5.91. The molecule has 3 aromatic carbocycles. The molecule has 0 spiro atoms. The van der Waals surface area contributed by atoms with Crippen LogP contribution in [-0.4, -0.2) is 20.7 Å². The molecule has 0 amide bonds. The maximum absolute atomic E-state index is 11.3. The van der Waals surface area contributed by atoms with Gasteiger partial charge in [-0.2, -0.15) is 5.10 Å². The molecule has 0 bridgehead atoms. The summed E-state index contributed by atoms with van der Waals surface area (Å²) in [5.41, 5.74) is 3.09. The van der Waals surface area contributed by atoms with Gasteiger partial charge in [-0.15, -0.1) is 0 Å². The maximum atomic E-state index is 11.3. The number of aliphatic hydroxyl groups is 1. The van der Waals surface area contributed by atoms with Crippen molar-refractivity contribution in [2.75, 3.05) is 5.43 Å². The minimum atomic E-state index is -1.09. The molecule has 0 aliphatic heterocycles. The third-order valence-corrected chi connectivity index (χ3v) is 4.13. The van der Waals surface area contributed by atoms with Crippen molar-refractivity contribution in [2.24, 2.45) is 5.10 Å². The van der Waals surface area contributed by atoms with Gasteiger partial charge < -0.3 is 5.11 Å². The Morgan fingerprint density at radius 3 is 2.10 bits per heavy atom. The SMILES string of the molecule is O=[N+]([O-])c1ccc(N/N=C(/c2ccccc2)[C@@H](O)c2ccccc2)c([N+](=O)[O-])c1. The summed E-state index contributed by atoms with van der Waals surface area (Å²) in [5.74, 6) is 0. The van der Waals surface area contributed by atoms with Crippen molar-refractivity contribution in [1.29, 1.82) is 0 Å². The number of hydrogen-bond donors (Lipinski definition) is 2. The number of benzene rings is 3. The van der Waals surface area contributed by atoms with Crippen molar-refractivity contribution in [3.05, 3.63) is 110 Å². The minimum Gasteiger partial charge on any atom is -0.382 e. The lowest BCUT2D eigenvalue weighted by Crippen LogP contribution is -2.15. The molecule has 0 aromatic heterocycles. The van der Waals surface area contributed by atoms with E-state index in [9.17, 15) is 25.3 Å². The Hall–Kier alpha value is -4.11. The lowest BCUT2D eigenvalue weighted by Gasteiger charge is -2.15. The van der Waals surface area contributed by atoms with Crippen molar-refractivity contribution in [3.8, 4) is 0 Å². The topological polar surface area (TPSA) is 131 Å². The molecule has 146 valence electrons. The van der Waals surface area contributed by atoms with Crippen LogP contribution in [0.4, 0.5) is 17.1 Å². The quantitative estimate of drug-likeness (QED) is 0.354. The van der Waals surface area contributed by atoms with E-state index in [1.54, 1.807) is 48.5 Å². The predicted molar refractivity (Wildman–Crippen MR) is 108 cm³/mol. The lowest BCUT2D eigenvalue weighted by atomic mass is 9.99. The van der Waals surface area contributed by atoms with Crippen LogP contribution >= 0.6 is 0 Å². The normalized spacial score (nSPS) is 12.2. The lowest BCUT2D eigenvalue weighted by molar-refractivity contribution is -0.393. The summed E-state index contributed by atoms with van der Waals surface area (Å²) in [6.45, 7) is 0. The predicted octanol–water partition coefficient (Wildman–Crippen LogP) is 4.05. The second-order valence-corrected chi connectivity index (χ2v) is 6.00. The number of hydrogen-bond acceptors (Lipinski definition) is 7. The molecule has 0 fully saturated rings. The number of nitrogens with one attached hydrogen (secondary N) is 1. The number of anilines is 1. The number of aliphatic hydroxyl groups excluding tert-OH is 1. The van der Waals surface area contributed by atoms with Crippen LogP contribution in [0.2, 0.25) is 0 Å². The van der Waals surface area contributed by atoms with Crippen LogP contribution in [-0.2, 0) is 0 Å². The highest BCUT2D eigenvalue weighted by Crippen LogP contribution is 2.29. The summed E-state index contributed by atoms with van der Waals surface area (Å²) in [6.07, 6.45) is -1.09. The van der Waals surface area contributed by atoms with E-state index in [0.717, 1.165) is 12.1 Å². The van der Waals surface area contributed by atoms with E-state index in [-0.39, 0.29) is 11.4 Å². The molecule has 29 heavy (non-hydrogen) atoms. The fraction of sp³-hybridized carbons (Fsp3) is 0.0500. The molecule has 9 heteroatoms. The Labute approximate surface area is 165 Å². The van der Waals surface area contributed by atoms with Crippen LogP contribution in [0, 0.1) is 20.2 Å². The fourth-order valence-corrected chi connectivity index (χ4v) is 2.69. The highest BCUT2D eigenvalue weighted by Gasteiger charge is 2.21. The van der Waals surface area contributed by atoms with E-state index in [1.807, 2.05) is 12.1 Å². The average molecular weight is 392 g/mol. The second-order valence-electron chi connectivity index (χ2n) is 6.00. The molecule has 0 heterocycles. The van der Waals surface area contributed by atoms with Gasteiger partial charge in [0.05, 0.1) is 15.9 Å². The van der Waals surface area contributed by atoms with Crippen molar-refractivity contribution in [3.63, 3.8) is 0 Å². The summed E-state index contributed by atoms with van der Waals surface area (Å²) in [6, 6.07) is 20.9. The first-order chi connectivity index (χ1) is 14.0. The number of rotatable bonds is 7. The molecular weight excluding hydrogens is 376 g/mol. The van der Waals surface area contributed by atoms with E-state index in [0.29, 0.717) is 11.1 Å². The fourth-order valence-electron chi connectivity index (χ4n) is 2.69. The van der Waals surface area contributed by atoms with Gasteiger partial charge in [0.2, 0.25) is 0 Å². The first-order valence-electron chi connectivity index (χ1n) is 8.52. The van der Waals surface area contributed by atoms with Crippen LogP contribution in [0.5, 0.6) is 0 Å². The summed E-state index contributed by atoms with van der Waals surface area (Å²) in [5, 5.41) is 37.2. The number of hydrazone groups is 1. The van der Waals surface area contributed by atoms with Gasteiger partial charge in [-0.1, -0.05) is 60.7 Å². The van der Waals surface area contributed by atoms with Crippen molar-refractivity contribution < 1.29 is 15.0 Å². The van der Waals surface area contributed by atoms with Gasteiger partial charge in [-0.3, -0.25) is 25.7 Å². The average Bonchev–Trinajstić information content (AvgIpc) is 2.75. The van der Waals surface area contributed by atoms with E-state index in [4.69, 9.17) is 0 Å². The molecule has 0 saturated carbocycles. The third kappa shape index (κ3) is 4.60. The largest absolute Gasteiger partial charge is 0.382 e. The Bertz CT molecular complexity index is 1050. The van der Waals surface area contributed by atoms with E-state index in [2.05, 4.69) is 10.5 Å². The molecule has 0 aliphatic rings. The Morgan fingerprint density at radius 1 is 0.897 bits per heavy atom. The number of nitro benzene ring substituents is 2. The number of nitro groups is 2. The monoisotopic (exact) mass is 392 g/mol. The van der Waals surface area contributed by atoms with Gasteiger partial charge in [-0.25, -0.2) is 0 Å². The summed E-state index contributed by atoms with van der Waals surface area (Å²) in [4.78, 5) is 20.7. The van der Waals surface area contributed by atoms with Crippen LogP contribution in [0.15, 0.2) is 84.0 Å². The molecule has 0 saturated heterocycles. The molecule has 9 nitrogen and oxygen atoms in total. The molecule has 3 aromatic rings. The summed E-state index contributed by atoms with van der Waals surface area (Å²) in [7, 11) is 0. The Morgan fingerprint density at radius 2 is 1.52 bits per heavy atom. The molecule has 0 unspecified atom stereocenters. The molecule has 2 N–H and O–H groups in total. The van der Waals surface area contributed by atoms with Crippen LogP contribution in [0.3, 0.4) is 0 Å². The maximum Gasteiger partial charge on any atom is 0.301 e. The van der Waals surface area contributed by atoms with Crippen molar-refractivity contribution in [1.82, 2.24) is 0 Å². The number of nitrogens with zero attached hydrogens (tertiary/aromatic N) is 3. The highest BCUT2D eigenvalue weighted by atomic mass is 16.6. The minimum absolute atomic E-state index is 0.0331. The first kappa shape index (κ1) is 19.6. The summed E-state index contributed by atoms with van der Waals surface area (Å²) < 4.78 is 0. The van der Waals surface area contributed by atoms with Crippen LogP contribution in [0.1, 0.15) is 17.2 Å². The molecule has 1 atom stereocenters. The highest BCUT2D eigenvalue weighted by molar-refractivity contribution is 6.04. The third-order valence-electron chi connectivity index (χ3n) is 4.13. The van der Waals surface area contributed by atoms with Gasteiger partial charge in [0.25, 0.3) is 5.69 Å². The van der Waals surface area contributed by atoms with Gasteiger partial charge in [-0.05, 0) is 11.6 Å². The zero-order chi connectivity index (χ0) is 20.8. The molecule has 0 aliphatic carbocycles. The number of non-ortho nitro benzene ring substituents is 1. The second kappa shape index (κ2) is 8.72. The Balaban J connectivity index is 2.01.